The summed E-state index contributed by atoms with van der Waals surface area (Å²) in [6.45, 7) is 10.6. The van der Waals surface area contributed by atoms with Crippen LogP contribution in [-0.2, 0) is 9.47 Å². The molecular weight excluding hydrogens is 214 g/mol. The second-order valence-corrected chi connectivity index (χ2v) is 5.03. The molecule has 0 aromatic rings. The first-order valence-electron chi connectivity index (χ1n) is 7.23. The topological polar surface area (TPSA) is 30.5 Å². The zero-order chi connectivity index (χ0) is 12.7. The Hall–Kier alpha value is -0.120. The van der Waals surface area contributed by atoms with Crippen molar-refractivity contribution in [2.45, 2.75) is 77.7 Å². The molecular formula is C14H29NO2. The Morgan fingerprint density at radius 1 is 1.24 bits per heavy atom. The Balaban J connectivity index is 2.34. The van der Waals surface area contributed by atoms with E-state index < -0.39 is 0 Å². The van der Waals surface area contributed by atoms with Crippen LogP contribution in [0.5, 0.6) is 0 Å². The average molecular weight is 243 g/mol. The van der Waals surface area contributed by atoms with Gasteiger partial charge in [-0.3, -0.25) is 0 Å². The number of hydrogen-bond donors (Lipinski definition) is 1. The van der Waals surface area contributed by atoms with Gasteiger partial charge in [0.2, 0.25) is 0 Å². The quantitative estimate of drug-likeness (QED) is 0.675. The van der Waals surface area contributed by atoms with Gasteiger partial charge in [0.25, 0.3) is 0 Å². The van der Waals surface area contributed by atoms with Gasteiger partial charge in [-0.15, -0.1) is 0 Å². The molecule has 1 N–H and O–H groups in total. The Morgan fingerprint density at radius 3 is 2.59 bits per heavy atom. The third-order valence-corrected chi connectivity index (χ3v) is 3.40. The largest absolute Gasteiger partial charge is 0.374 e. The molecule has 0 amide bonds. The molecule has 1 fully saturated rings. The molecule has 4 unspecified atom stereocenters. The maximum Gasteiger partial charge on any atom is 0.0990 e. The van der Waals surface area contributed by atoms with E-state index in [-0.39, 0.29) is 6.10 Å². The minimum Gasteiger partial charge on any atom is -0.374 e. The summed E-state index contributed by atoms with van der Waals surface area (Å²) in [5.41, 5.74) is 0. The van der Waals surface area contributed by atoms with Gasteiger partial charge in [0.05, 0.1) is 18.3 Å². The highest BCUT2D eigenvalue weighted by atomic mass is 16.6. The summed E-state index contributed by atoms with van der Waals surface area (Å²) in [6.07, 6.45) is 5.32. The van der Waals surface area contributed by atoms with Crippen molar-refractivity contribution in [2.75, 3.05) is 13.2 Å². The van der Waals surface area contributed by atoms with Gasteiger partial charge in [0.1, 0.15) is 0 Å². The van der Waals surface area contributed by atoms with Gasteiger partial charge in [0.15, 0.2) is 0 Å². The van der Waals surface area contributed by atoms with Crippen LogP contribution in [0.15, 0.2) is 0 Å². The Labute approximate surface area is 106 Å². The van der Waals surface area contributed by atoms with E-state index in [9.17, 15) is 0 Å². The maximum atomic E-state index is 5.99. The molecule has 4 atom stereocenters. The summed E-state index contributed by atoms with van der Waals surface area (Å²) in [5.74, 6) is 0. The molecule has 0 saturated heterocycles. The summed E-state index contributed by atoms with van der Waals surface area (Å²) in [5, 5.41) is 3.54. The fourth-order valence-electron chi connectivity index (χ4n) is 2.12. The van der Waals surface area contributed by atoms with Crippen LogP contribution >= 0.6 is 0 Å². The molecule has 0 bridgehead atoms. The Kier molecular flexibility index (Phi) is 7.09. The molecule has 102 valence electrons. The normalized spacial score (nSPS) is 30.0. The number of hydrogen-bond acceptors (Lipinski definition) is 3. The second kappa shape index (κ2) is 8.06. The van der Waals surface area contributed by atoms with Crippen LogP contribution in [0.1, 0.15) is 53.4 Å². The van der Waals surface area contributed by atoms with E-state index in [0.29, 0.717) is 18.2 Å². The highest BCUT2D eigenvalue weighted by Gasteiger charge is 2.42. The summed E-state index contributed by atoms with van der Waals surface area (Å²) in [6, 6.07) is 0.496. The van der Waals surface area contributed by atoms with Crippen LogP contribution in [0.2, 0.25) is 0 Å². The van der Waals surface area contributed by atoms with Gasteiger partial charge in [-0.05, 0) is 39.2 Å². The fourth-order valence-corrected chi connectivity index (χ4v) is 2.12. The zero-order valence-electron chi connectivity index (χ0n) is 11.9. The highest BCUT2D eigenvalue weighted by Crippen LogP contribution is 2.29. The molecule has 3 nitrogen and oxygen atoms in total. The van der Waals surface area contributed by atoms with E-state index in [2.05, 4.69) is 33.0 Å². The zero-order valence-corrected chi connectivity index (χ0v) is 11.9. The van der Waals surface area contributed by atoms with Crippen LogP contribution in [0, 0.1) is 0 Å². The number of rotatable bonds is 9. The first kappa shape index (κ1) is 14.9. The van der Waals surface area contributed by atoms with Gasteiger partial charge in [-0.25, -0.2) is 0 Å². The van der Waals surface area contributed by atoms with E-state index in [1.165, 1.54) is 6.42 Å². The van der Waals surface area contributed by atoms with E-state index in [4.69, 9.17) is 9.47 Å². The van der Waals surface area contributed by atoms with Crippen molar-refractivity contribution < 1.29 is 9.47 Å². The lowest BCUT2D eigenvalue weighted by Gasteiger charge is -2.45. The lowest BCUT2D eigenvalue weighted by atomic mass is 9.84. The SMILES string of the molecule is CCCNC1CC(OC(C)CC)C1OCCC. The summed E-state index contributed by atoms with van der Waals surface area (Å²) >= 11 is 0. The van der Waals surface area contributed by atoms with Crippen molar-refractivity contribution in [1.29, 1.82) is 0 Å². The maximum absolute atomic E-state index is 5.99. The molecule has 17 heavy (non-hydrogen) atoms. The van der Waals surface area contributed by atoms with Gasteiger partial charge in [-0.2, -0.15) is 0 Å². The minimum absolute atomic E-state index is 0.260. The molecule has 0 heterocycles. The number of ether oxygens (including phenoxy) is 2. The molecule has 0 aliphatic heterocycles. The summed E-state index contributed by atoms with van der Waals surface area (Å²) in [7, 11) is 0. The molecule has 0 aromatic carbocycles. The van der Waals surface area contributed by atoms with Gasteiger partial charge >= 0.3 is 0 Å². The lowest BCUT2D eigenvalue weighted by molar-refractivity contribution is -0.165. The molecule has 0 spiro atoms. The Bertz CT molecular complexity index is 199. The fraction of sp³-hybridized carbons (Fsp3) is 1.00. The van der Waals surface area contributed by atoms with Crippen molar-refractivity contribution in [1.82, 2.24) is 5.32 Å². The predicted molar refractivity (Wildman–Crippen MR) is 71.4 cm³/mol. The molecule has 1 saturated carbocycles. The van der Waals surface area contributed by atoms with Crippen molar-refractivity contribution >= 4 is 0 Å². The van der Waals surface area contributed by atoms with Crippen LogP contribution in [0.25, 0.3) is 0 Å². The van der Waals surface area contributed by atoms with E-state index >= 15 is 0 Å². The van der Waals surface area contributed by atoms with Crippen LogP contribution in [-0.4, -0.2) is 37.5 Å². The lowest BCUT2D eigenvalue weighted by Crippen LogP contribution is -2.60. The van der Waals surface area contributed by atoms with Crippen molar-refractivity contribution in [2.24, 2.45) is 0 Å². The second-order valence-electron chi connectivity index (χ2n) is 5.03. The van der Waals surface area contributed by atoms with Crippen LogP contribution in [0.3, 0.4) is 0 Å². The van der Waals surface area contributed by atoms with Crippen LogP contribution < -0.4 is 5.32 Å². The third kappa shape index (κ3) is 4.57. The van der Waals surface area contributed by atoms with Crippen LogP contribution in [0.4, 0.5) is 0 Å². The van der Waals surface area contributed by atoms with E-state index in [1.807, 2.05) is 0 Å². The highest BCUT2D eigenvalue weighted by molar-refractivity contribution is 4.97. The molecule has 1 aliphatic carbocycles. The first-order valence-corrected chi connectivity index (χ1v) is 7.23. The van der Waals surface area contributed by atoms with E-state index in [0.717, 1.165) is 32.4 Å². The predicted octanol–water partition coefficient (Wildman–Crippen LogP) is 2.74. The summed E-state index contributed by atoms with van der Waals surface area (Å²) in [4.78, 5) is 0. The third-order valence-electron chi connectivity index (χ3n) is 3.40. The van der Waals surface area contributed by atoms with Gasteiger partial charge in [-0.1, -0.05) is 20.8 Å². The molecule has 1 rings (SSSR count). The summed E-state index contributed by atoms with van der Waals surface area (Å²) < 4.78 is 11.9. The molecule has 0 aromatic heterocycles. The minimum atomic E-state index is 0.260. The average Bonchev–Trinajstić information content (AvgIpc) is 2.32. The van der Waals surface area contributed by atoms with Gasteiger partial charge < -0.3 is 14.8 Å². The standard InChI is InChI=1S/C14H29NO2/c1-5-8-15-12-10-13(17-11(4)7-3)14(12)16-9-6-2/h11-15H,5-10H2,1-4H3. The number of nitrogens with one attached hydrogen (secondary N) is 1. The van der Waals surface area contributed by atoms with Crippen molar-refractivity contribution in [3.8, 4) is 0 Å². The van der Waals surface area contributed by atoms with E-state index in [1.54, 1.807) is 0 Å². The Morgan fingerprint density at radius 2 is 2.00 bits per heavy atom. The molecule has 0 radical (unpaired) electrons. The molecule has 1 aliphatic rings. The van der Waals surface area contributed by atoms with Crippen molar-refractivity contribution in [3.63, 3.8) is 0 Å². The smallest absolute Gasteiger partial charge is 0.0990 e. The van der Waals surface area contributed by atoms with Crippen molar-refractivity contribution in [3.05, 3.63) is 0 Å². The monoisotopic (exact) mass is 243 g/mol. The first-order chi connectivity index (χ1) is 8.22. The van der Waals surface area contributed by atoms with Gasteiger partial charge in [0, 0.05) is 12.6 Å². The molecule has 3 heteroatoms.